The van der Waals surface area contributed by atoms with Crippen LogP contribution in [0.4, 0.5) is 0 Å². The van der Waals surface area contributed by atoms with Gasteiger partial charge in [-0.25, -0.2) is 0 Å². The number of thioether (sulfide) groups is 1. The van der Waals surface area contributed by atoms with Crippen LogP contribution in [0.15, 0.2) is 56.7 Å². The van der Waals surface area contributed by atoms with Crippen LogP contribution in [0.1, 0.15) is 42.1 Å². The van der Waals surface area contributed by atoms with Crippen molar-refractivity contribution >= 4 is 17.5 Å². The van der Waals surface area contributed by atoms with E-state index < -0.39 is 0 Å². The lowest BCUT2D eigenvalue weighted by Gasteiger charge is -2.09. The summed E-state index contributed by atoms with van der Waals surface area (Å²) in [5.41, 5.74) is 1.95. The average Bonchev–Trinajstić information content (AvgIpc) is 3.30. The van der Waals surface area contributed by atoms with Crippen LogP contribution in [0, 0.1) is 0 Å². The number of aromatic nitrogens is 2. The van der Waals surface area contributed by atoms with E-state index >= 15 is 0 Å². The van der Waals surface area contributed by atoms with Crippen molar-refractivity contribution in [3.8, 4) is 11.7 Å². The van der Waals surface area contributed by atoms with Gasteiger partial charge in [0.25, 0.3) is 11.1 Å². The maximum absolute atomic E-state index is 12.3. The van der Waals surface area contributed by atoms with Crippen LogP contribution in [0.3, 0.4) is 0 Å². The molecule has 0 fully saturated rings. The molecule has 0 aliphatic heterocycles. The quantitative estimate of drug-likeness (QED) is 0.453. The molecule has 0 aliphatic carbocycles. The minimum atomic E-state index is 0.0356. The first-order valence-corrected chi connectivity index (χ1v) is 8.79. The van der Waals surface area contributed by atoms with Gasteiger partial charge in [-0.05, 0) is 30.0 Å². The number of hydrogen-bond acceptors (Lipinski definition) is 6. The molecular formula is C18H18N2O3S. The average molecular weight is 342 g/mol. The molecule has 2 heterocycles. The van der Waals surface area contributed by atoms with E-state index in [1.54, 1.807) is 18.4 Å². The Morgan fingerprint density at radius 1 is 1.21 bits per heavy atom. The standard InChI is InChI=1S/C18H18N2O3S/c1-3-12(2)13-6-8-14(9-7-13)15(21)11-24-18-20-19-17(23-18)16-5-4-10-22-16/h4-10,12H,3,11H2,1-2H3/t12-/m0/s1. The maximum atomic E-state index is 12.3. The Balaban J connectivity index is 1.59. The zero-order chi connectivity index (χ0) is 16.9. The summed E-state index contributed by atoms with van der Waals surface area (Å²) in [7, 11) is 0. The molecule has 3 rings (SSSR count). The minimum absolute atomic E-state index is 0.0356. The van der Waals surface area contributed by atoms with Gasteiger partial charge in [0, 0.05) is 5.56 Å². The van der Waals surface area contributed by atoms with Gasteiger partial charge in [0.15, 0.2) is 11.5 Å². The number of rotatable bonds is 7. The second-order valence-electron chi connectivity index (χ2n) is 5.49. The lowest BCUT2D eigenvalue weighted by molar-refractivity contribution is 0.102. The summed E-state index contributed by atoms with van der Waals surface area (Å²) in [4.78, 5) is 12.3. The summed E-state index contributed by atoms with van der Waals surface area (Å²) in [5.74, 6) is 1.62. The van der Waals surface area contributed by atoms with Gasteiger partial charge in [0.2, 0.25) is 0 Å². The Hall–Kier alpha value is -2.34. The third-order valence-corrected chi connectivity index (χ3v) is 4.70. The summed E-state index contributed by atoms with van der Waals surface area (Å²) < 4.78 is 10.7. The highest BCUT2D eigenvalue weighted by molar-refractivity contribution is 7.99. The van der Waals surface area contributed by atoms with Crippen LogP contribution in [0.25, 0.3) is 11.7 Å². The van der Waals surface area contributed by atoms with Crippen LogP contribution in [0.5, 0.6) is 0 Å². The fourth-order valence-electron chi connectivity index (χ4n) is 2.21. The highest BCUT2D eigenvalue weighted by Gasteiger charge is 2.14. The second-order valence-corrected chi connectivity index (χ2v) is 6.42. The molecule has 0 bridgehead atoms. The molecule has 0 radical (unpaired) electrons. The lowest BCUT2D eigenvalue weighted by Crippen LogP contribution is -2.03. The molecular weight excluding hydrogens is 324 g/mol. The molecule has 6 heteroatoms. The fourth-order valence-corrected chi connectivity index (χ4v) is 2.87. The van der Waals surface area contributed by atoms with E-state index in [0.29, 0.717) is 28.4 Å². The summed E-state index contributed by atoms with van der Waals surface area (Å²) in [6.45, 7) is 4.33. The van der Waals surface area contributed by atoms with Crippen molar-refractivity contribution in [2.75, 3.05) is 5.75 Å². The van der Waals surface area contributed by atoms with E-state index in [4.69, 9.17) is 8.83 Å². The monoisotopic (exact) mass is 342 g/mol. The first kappa shape index (κ1) is 16.5. The molecule has 124 valence electrons. The topological polar surface area (TPSA) is 69.1 Å². The van der Waals surface area contributed by atoms with Crippen LogP contribution in [0.2, 0.25) is 0 Å². The summed E-state index contributed by atoms with van der Waals surface area (Å²) in [6, 6.07) is 11.3. The van der Waals surface area contributed by atoms with Crippen molar-refractivity contribution in [2.24, 2.45) is 0 Å². The van der Waals surface area contributed by atoms with Gasteiger partial charge in [-0.1, -0.05) is 49.9 Å². The molecule has 1 atom stereocenters. The Bertz CT molecular complexity index is 794. The molecule has 5 nitrogen and oxygen atoms in total. The molecule has 0 amide bonds. The van der Waals surface area contributed by atoms with Gasteiger partial charge < -0.3 is 8.83 Å². The van der Waals surface area contributed by atoms with Gasteiger partial charge in [0.1, 0.15) is 0 Å². The number of carbonyl (C=O) groups is 1. The Kier molecular flexibility index (Phi) is 5.15. The van der Waals surface area contributed by atoms with E-state index in [1.165, 1.54) is 17.3 Å². The fraction of sp³-hybridized carbons (Fsp3) is 0.278. The van der Waals surface area contributed by atoms with Crippen LogP contribution >= 0.6 is 11.8 Å². The van der Waals surface area contributed by atoms with Gasteiger partial charge in [-0.15, -0.1) is 10.2 Å². The van der Waals surface area contributed by atoms with Crippen molar-refractivity contribution in [1.82, 2.24) is 10.2 Å². The highest BCUT2D eigenvalue weighted by Crippen LogP contribution is 2.24. The van der Waals surface area contributed by atoms with Crippen molar-refractivity contribution in [3.63, 3.8) is 0 Å². The molecule has 0 saturated heterocycles. The van der Waals surface area contributed by atoms with Crippen LogP contribution in [-0.4, -0.2) is 21.7 Å². The lowest BCUT2D eigenvalue weighted by atomic mass is 9.97. The van der Waals surface area contributed by atoms with E-state index in [9.17, 15) is 4.79 Å². The first-order chi connectivity index (χ1) is 11.7. The largest absolute Gasteiger partial charge is 0.459 e. The van der Waals surface area contributed by atoms with Gasteiger partial charge in [0.05, 0.1) is 12.0 Å². The number of benzene rings is 1. The third kappa shape index (κ3) is 3.76. The number of nitrogens with zero attached hydrogens (tertiary/aromatic N) is 2. The van der Waals surface area contributed by atoms with E-state index in [0.717, 1.165) is 6.42 Å². The second kappa shape index (κ2) is 7.49. The van der Waals surface area contributed by atoms with Crippen molar-refractivity contribution in [3.05, 3.63) is 53.8 Å². The molecule has 2 aromatic heterocycles. The molecule has 0 N–H and O–H groups in total. The minimum Gasteiger partial charge on any atom is -0.459 e. The molecule has 1 aromatic carbocycles. The van der Waals surface area contributed by atoms with Gasteiger partial charge in [-0.3, -0.25) is 4.79 Å². The number of carbonyl (C=O) groups excluding carboxylic acids is 1. The van der Waals surface area contributed by atoms with E-state index in [2.05, 4.69) is 24.0 Å². The maximum Gasteiger partial charge on any atom is 0.284 e. The summed E-state index contributed by atoms with van der Waals surface area (Å²) >= 11 is 1.22. The Labute approximate surface area is 144 Å². The zero-order valence-electron chi connectivity index (χ0n) is 13.6. The number of Topliss-reactive ketones (excluding diaryl/α,β-unsaturated/α-hetero) is 1. The number of ketones is 1. The number of hydrogen-bond donors (Lipinski definition) is 0. The number of furan rings is 1. The first-order valence-electron chi connectivity index (χ1n) is 7.80. The summed E-state index contributed by atoms with van der Waals surface area (Å²) in [6.07, 6.45) is 2.62. The van der Waals surface area contributed by atoms with Gasteiger partial charge in [-0.2, -0.15) is 0 Å². The molecule has 3 aromatic rings. The summed E-state index contributed by atoms with van der Waals surface area (Å²) in [5, 5.41) is 8.18. The predicted molar refractivity (Wildman–Crippen MR) is 92.2 cm³/mol. The van der Waals surface area contributed by atoms with E-state index in [-0.39, 0.29) is 11.5 Å². The molecule has 24 heavy (non-hydrogen) atoms. The van der Waals surface area contributed by atoms with E-state index in [1.807, 2.05) is 24.3 Å². The molecule has 0 spiro atoms. The normalized spacial score (nSPS) is 12.2. The molecule has 0 aliphatic rings. The van der Waals surface area contributed by atoms with Crippen molar-refractivity contribution in [2.45, 2.75) is 31.4 Å². The van der Waals surface area contributed by atoms with Crippen molar-refractivity contribution < 1.29 is 13.6 Å². The smallest absolute Gasteiger partial charge is 0.284 e. The van der Waals surface area contributed by atoms with Crippen LogP contribution < -0.4 is 0 Å². The highest BCUT2D eigenvalue weighted by atomic mass is 32.2. The van der Waals surface area contributed by atoms with Crippen LogP contribution in [-0.2, 0) is 0 Å². The SMILES string of the molecule is CC[C@H](C)c1ccc(C(=O)CSc2nnc(-c3ccco3)o2)cc1. The molecule has 0 unspecified atom stereocenters. The Morgan fingerprint density at radius 2 is 2.00 bits per heavy atom. The van der Waals surface area contributed by atoms with Crippen molar-refractivity contribution in [1.29, 1.82) is 0 Å². The Morgan fingerprint density at radius 3 is 2.67 bits per heavy atom. The zero-order valence-corrected chi connectivity index (χ0v) is 14.4. The third-order valence-electron chi connectivity index (χ3n) is 3.88. The molecule has 0 saturated carbocycles. The predicted octanol–water partition coefficient (Wildman–Crippen LogP) is 4.82. The van der Waals surface area contributed by atoms with Gasteiger partial charge >= 0.3 is 0 Å².